The maximum Gasteiger partial charge on any atom is 0.164 e. The van der Waals surface area contributed by atoms with E-state index in [1.54, 1.807) is 0 Å². The number of amidine groups is 1. The first-order chi connectivity index (χ1) is 8.98. The largest absolute Gasteiger partial charge is 0.399 e. The van der Waals surface area contributed by atoms with Crippen LogP contribution in [0.15, 0.2) is 17.1 Å². The van der Waals surface area contributed by atoms with Crippen LogP contribution in [0.2, 0.25) is 0 Å². The number of nitrogens with two attached hydrogens (primary N) is 2. The summed E-state index contributed by atoms with van der Waals surface area (Å²) in [6.45, 7) is -0.921. The molecule has 102 valence electrons. The minimum absolute atomic E-state index is 0.0472. The van der Waals surface area contributed by atoms with Crippen LogP contribution in [0.3, 0.4) is 0 Å². The molecule has 0 aromatic heterocycles. The summed E-state index contributed by atoms with van der Waals surface area (Å²) in [6, 6.07) is 2.12. The molecule has 0 radical (unpaired) electrons. The minimum Gasteiger partial charge on any atom is -0.399 e. The predicted octanol–water partition coefficient (Wildman–Crippen LogP) is 2.16. The van der Waals surface area contributed by atoms with Gasteiger partial charge < -0.3 is 11.5 Å². The van der Waals surface area contributed by atoms with Gasteiger partial charge in [-0.05, 0) is 18.6 Å². The fourth-order valence-corrected chi connectivity index (χ4v) is 3.87. The van der Waals surface area contributed by atoms with Crippen LogP contribution in [0, 0.1) is 17.6 Å². The number of alkyl halides is 1. The molecular formula is C12H12F3N3S. The Morgan fingerprint density at radius 3 is 2.79 bits per heavy atom. The van der Waals surface area contributed by atoms with Crippen LogP contribution in [0.1, 0.15) is 12.0 Å². The van der Waals surface area contributed by atoms with Gasteiger partial charge in [0.05, 0.1) is 0 Å². The topological polar surface area (TPSA) is 64.4 Å². The number of thioether (sulfide) groups is 1. The number of anilines is 1. The van der Waals surface area contributed by atoms with Gasteiger partial charge in [-0.1, -0.05) is 11.8 Å². The zero-order chi connectivity index (χ0) is 13.8. The Hall–Kier alpha value is -1.37. The summed E-state index contributed by atoms with van der Waals surface area (Å²) in [7, 11) is 0. The van der Waals surface area contributed by atoms with Gasteiger partial charge in [0, 0.05) is 22.4 Å². The molecule has 3 atom stereocenters. The first-order valence-corrected chi connectivity index (χ1v) is 6.69. The number of hydrogen-bond donors (Lipinski definition) is 2. The van der Waals surface area contributed by atoms with E-state index in [1.165, 1.54) is 17.8 Å². The Kier molecular flexibility index (Phi) is 2.70. The van der Waals surface area contributed by atoms with Gasteiger partial charge in [0.2, 0.25) is 0 Å². The van der Waals surface area contributed by atoms with E-state index in [9.17, 15) is 13.2 Å². The Morgan fingerprint density at radius 2 is 2.11 bits per heavy atom. The Morgan fingerprint density at radius 1 is 1.37 bits per heavy atom. The summed E-state index contributed by atoms with van der Waals surface area (Å²) in [5.41, 5.74) is 9.67. The molecule has 1 saturated carbocycles. The van der Waals surface area contributed by atoms with E-state index in [2.05, 4.69) is 4.99 Å². The fraction of sp³-hybridized carbons (Fsp3) is 0.417. The molecule has 1 aliphatic carbocycles. The van der Waals surface area contributed by atoms with Gasteiger partial charge in [-0.2, -0.15) is 0 Å². The Bertz CT molecular complexity index is 578. The van der Waals surface area contributed by atoms with Gasteiger partial charge in [0.15, 0.2) is 16.8 Å². The van der Waals surface area contributed by atoms with Crippen molar-refractivity contribution in [2.75, 3.05) is 12.4 Å². The first kappa shape index (κ1) is 12.7. The van der Waals surface area contributed by atoms with Gasteiger partial charge in [0.1, 0.15) is 12.2 Å². The molecule has 0 spiro atoms. The lowest BCUT2D eigenvalue weighted by Gasteiger charge is -2.31. The number of nitrogen functional groups attached to an aromatic ring is 1. The standard InChI is InChI=1S/C12H12F3N3S/c13-4-12(6-3-9(6)19-11(17)18-12)7-1-5(16)2-8(14)10(7)15/h1-2,6,9H,3-4,16H2,(H2,17,18)/t6?,9-,12+/m1/s1. The summed E-state index contributed by atoms with van der Waals surface area (Å²) in [6.07, 6.45) is 0.689. The average molecular weight is 287 g/mol. The van der Waals surface area contributed by atoms with Crippen LogP contribution < -0.4 is 11.5 Å². The van der Waals surface area contributed by atoms with E-state index in [-0.39, 0.29) is 27.6 Å². The van der Waals surface area contributed by atoms with E-state index in [0.29, 0.717) is 6.42 Å². The van der Waals surface area contributed by atoms with Crippen LogP contribution in [0.25, 0.3) is 0 Å². The zero-order valence-electron chi connectivity index (χ0n) is 9.87. The second kappa shape index (κ2) is 4.06. The van der Waals surface area contributed by atoms with Crippen molar-refractivity contribution in [3.8, 4) is 0 Å². The SMILES string of the molecule is NC1=N[C@](CF)(c2cc(N)cc(F)c2F)C2C[C@H]2S1. The van der Waals surface area contributed by atoms with Crippen LogP contribution in [0.5, 0.6) is 0 Å². The number of halogens is 3. The molecule has 3 rings (SSSR count). The molecule has 1 unspecified atom stereocenters. The summed E-state index contributed by atoms with van der Waals surface area (Å²) >= 11 is 1.36. The molecule has 7 heteroatoms. The third kappa shape index (κ3) is 1.79. The molecular weight excluding hydrogens is 275 g/mol. The summed E-state index contributed by atoms with van der Waals surface area (Å²) in [5.74, 6) is -2.35. The van der Waals surface area contributed by atoms with Crippen molar-refractivity contribution < 1.29 is 13.2 Å². The molecule has 0 saturated heterocycles. The molecule has 1 aromatic rings. The first-order valence-electron chi connectivity index (χ1n) is 5.81. The number of aliphatic imine (C=N–C) groups is 1. The molecule has 1 aliphatic heterocycles. The molecule has 0 amide bonds. The number of benzene rings is 1. The van der Waals surface area contributed by atoms with Gasteiger partial charge in [-0.3, -0.25) is 0 Å². The van der Waals surface area contributed by atoms with Crippen LogP contribution in [-0.2, 0) is 5.54 Å². The van der Waals surface area contributed by atoms with Gasteiger partial charge >= 0.3 is 0 Å². The summed E-state index contributed by atoms with van der Waals surface area (Å²) in [5, 5.41) is 0.329. The van der Waals surface area contributed by atoms with E-state index < -0.39 is 23.8 Å². The summed E-state index contributed by atoms with van der Waals surface area (Å²) in [4.78, 5) is 4.09. The molecule has 3 nitrogen and oxygen atoms in total. The van der Waals surface area contributed by atoms with Crippen molar-refractivity contribution in [1.29, 1.82) is 0 Å². The van der Waals surface area contributed by atoms with Gasteiger partial charge in [0.25, 0.3) is 0 Å². The molecule has 19 heavy (non-hydrogen) atoms. The smallest absolute Gasteiger partial charge is 0.164 e. The van der Waals surface area contributed by atoms with Crippen molar-refractivity contribution in [1.82, 2.24) is 0 Å². The normalized spacial score (nSPS) is 32.7. The number of nitrogens with zero attached hydrogens (tertiary/aromatic N) is 1. The van der Waals surface area contributed by atoms with Crippen LogP contribution in [0.4, 0.5) is 18.9 Å². The number of fused-ring (bicyclic) bond motifs is 1. The molecule has 1 fully saturated rings. The highest BCUT2D eigenvalue weighted by atomic mass is 32.2. The molecule has 4 N–H and O–H groups in total. The number of rotatable bonds is 2. The number of hydrogen-bond acceptors (Lipinski definition) is 4. The second-order valence-corrected chi connectivity index (χ2v) is 6.13. The minimum atomic E-state index is -1.43. The van der Waals surface area contributed by atoms with E-state index in [4.69, 9.17) is 11.5 Å². The molecule has 1 aromatic carbocycles. The van der Waals surface area contributed by atoms with Crippen LogP contribution >= 0.6 is 11.8 Å². The van der Waals surface area contributed by atoms with Crippen molar-refractivity contribution >= 4 is 22.6 Å². The van der Waals surface area contributed by atoms with E-state index >= 15 is 0 Å². The van der Waals surface area contributed by atoms with Crippen molar-refractivity contribution in [2.24, 2.45) is 16.6 Å². The zero-order valence-corrected chi connectivity index (χ0v) is 10.7. The second-order valence-electron chi connectivity index (χ2n) is 4.87. The lowest BCUT2D eigenvalue weighted by Crippen LogP contribution is -2.37. The van der Waals surface area contributed by atoms with Crippen LogP contribution in [-0.4, -0.2) is 17.1 Å². The maximum absolute atomic E-state index is 14.0. The van der Waals surface area contributed by atoms with Crippen molar-refractivity contribution in [3.63, 3.8) is 0 Å². The summed E-state index contributed by atoms with van der Waals surface area (Å²) < 4.78 is 41.1. The maximum atomic E-state index is 14.0. The lowest BCUT2D eigenvalue weighted by atomic mass is 9.85. The fourth-order valence-electron chi connectivity index (χ4n) is 2.65. The third-order valence-electron chi connectivity index (χ3n) is 3.65. The van der Waals surface area contributed by atoms with E-state index in [1.807, 2.05) is 0 Å². The highest BCUT2D eigenvalue weighted by Crippen LogP contribution is 2.58. The third-order valence-corrected chi connectivity index (χ3v) is 4.80. The monoisotopic (exact) mass is 287 g/mol. The lowest BCUT2D eigenvalue weighted by molar-refractivity contribution is 0.269. The predicted molar refractivity (Wildman–Crippen MR) is 69.5 cm³/mol. The Labute approximate surface area is 112 Å². The quantitative estimate of drug-likeness (QED) is 0.819. The van der Waals surface area contributed by atoms with Crippen molar-refractivity contribution in [2.45, 2.75) is 17.2 Å². The molecule has 1 heterocycles. The average Bonchev–Trinajstić information content (AvgIpc) is 3.12. The highest BCUT2D eigenvalue weighted by molar-refractivity contribution is 8.14. The molecule has 2 aliphatic rings. The highest BCUT2D eigenvalue weighted by Gasteiger charge is 2.58. The van der Waals surface area contributed by atoms with Gasteiger partial charge in [-0.25, -0.2) is 18.2 Å². The van der Waals surface area contributed by atoms with E-state index in [0.717, 1.165) is 6.07 Å². The molecule has 0 bridgehead atoms. The Balaban J connectivity index is 2.20. The van der Waals surface area contributed by atoms with Crippen molar-refractivity contribution in [3.05, 3.63) is 29.3 Å². The van der Waals surface area contributed by atoms with Gasteiger partial charge in [-0.15, -0.1) is 0 Å².